The summed E-state index contributed by atoms with van der Waals surface area (Å²) < 4.78 is 40.8. The van der Waals surface area contributed by atoms with E-state index in [0.717, 1.165) is 5.75 Å². The second-order valence-electron chi connectivity index (χ2n) is 4.60. The number of nitrogens with two attached hydrogens (primary N) is 1. The SMILES string of the molecule is CCSCC(C)NS(=O)(=O)c1cc(C)c(F)c(CN)c1. The maximum atomic E-state index is 13.7. The molecule has 1 aromatic rings. The van der Waals surface area contributed by atoms with Crippen LogP contribution in [-0.2, 0) is 16.6 Å². The first-order valence-electron chi connectivity index (χ1n) is 6.41. The standard InChI is InChI=1S/C13H21FN2O2S2/c1-4-19-8-10(3)16-20(17,18)12-5-9(2)13(14)11(6-12)7-15/h5-6,10,16H,4,7-8,15H2,1-3H3. The molecule has 0 radical (unpaired) electrons. The Morgan fingerprint density at radius 2 is 2.10 bits per heavy atom. The lowest BCUT2D eigenvalue weighted by molar-refractivity contribution is 0.568. The highest BCUT2D eigenvalue weighted by Gasteiger charge is 2.20. The molecule has 0 heterocycles. The van der Waals surface area contributed by atoms with E-state index in [1.165, 1.54) is 19.1 Å². The number of halogens is 1. The molecule has 20 heavy (non-hydrogen) atoms. The van der Waals surface area contributed by atoms with Crippen molar-refractivity contribution in [3.63, 3.8) is 0 Å². The molecule has 3 N–H and O–H groups in total. The molecule has 0 aliphatic carbocycles. The largest absolute Gasteiger partial charge is 0.326 e. The molecule has 0 amide bonds. The summed E-state index contributed by atoms with van der Waals surface area (Å²) in [6.07, 6.45) is 0. The van der Waals surface area contributed by atoms with E-state index in [-0.39, 0.29) is 28.6 Å². The van der Waals surface area contributed by atoms with E-state index in [2.05, 4.69) is 4.72 Å². The summed E-state index contributed by atoms with van der Waals surface area (Å²) in [5.41, 5.74) is 5.93. The molecule has 0 saturated carbocycles. The average Bonchev–Trinajstić information content (AvgIpc) is 2.38. The highest BCUT2D eigenvalue weighted by Crippen LogP contribution is 2.19. The van der Waals surface area contributed by atoms with Crippen molar-refractivity contribution in [1.82, 2.24) is 4.72 Å². The number of sulfonamides is 1. The van der Waals surface area contributed by atoms with E-state index in [0.29, 0.717) is 5.75 Å². The van der Waals surface area contributed by atoms with Gasteiger partial charge in [0.2, 0.25) is 10.0 Å². The average molecular weight is 320 g/mol. The maximum absolute atomic E-state index is 13.7. The molecule has 1 rings (SSSR count). The fraction of sp³-hybridized carbons (Fsp3) is 0.538. The molecule has 0 saturated heterocycles. The van der Waals surface area contributed by atoms with Crippen LogP contribution < -0.4 is 10.5 Å². The van der Waals surface area contributed by atoms with Crippen LogP contribution in [0.4, 0.5) is 4.39 Å². The first-order chi connectivity index (χ1) is 9.31. The van der Waals surface area contributed by atoms with Gasteiger partial charge in [-0.25, -0.2) is 17.5 Å². The maximum Gasteiger partial charge on any atom is 0.240 e. The van der Waals surface area contributed by atoms with E-state index < -0.39 is 15.8 Å². The molecule has 1 aromatic carbocycles. The van der Waals surface area contributed by atoms with Gasteiger partial charge in [-0.1, -0.05) is 6.92 Å². The number of benzene rings is 1. The molecule has 0 aliphatic rings. The molecule has 0 spiro atoms. The topological polar surface area (TPSA) is 72.2 Å². The molecular weight excluding hydrogens is 299 g/mol. The molecule has 114 valence electrons. The monoisotopic (exact) mass is 320 g/mol. The van der Waals surface area contributed by atoms with Gasteiger partial charge in [-0.15, -0.1) is 0 Å². The lowest BCUT2D eigenvalue weighted by atomic mass is 10.1. The van der Waals surface area contributed by atoms with Gasteiger partial charge in [0.15, 0.2) is 0 Å². The fourth-order valence-electron chi connectivity index (χ4n) is 1.77. The molecule has 0 fully saturated rings. The Labute approximate surface area is 124 Å². The lowest BCUT2D eigenvalue weighted by Crippen LogP contribution is -2.34. The molecule has 1 atom stereocenters. The number of aryl methyl sites for hydroxylation is 1. The predicted molar refractivity (Wildman–Crippen MR) is 81.8 cm³/mol. The van der Waals surface area contributed by atoms with E-state index in [1.54, 1.807) is 18.7 Å². The van der Waals surface area contributed by atoms with Crippen molar-refractivity contribution < 1.29 is 12.8 Å². The van der Waals surface area contributed by atoms with Gasteiger partial charge in [0.1, 0.15) is 5.82 Å². The van der Waals surface area contributed by atoms with Crippen LogP contribution in [-0.4, -0.2) is 26.0 Å². The highest BCUT2D eigenvalue weighted by molar-refractivity contribution is 7.99. The van der Waals surface area contributed by atoms with Crippen molar-refractivity contribution >= 4 is 21.8 Å². The minimum Gasteiger partial charge on any atom is -0.326 e. The second-order valence-corrected chi connectivity index (χ2v) is 7.63. The van der Waals surface area contributed by atoms with Crippen molar-refractivity contribution in [3.05, 3.63) is 29.1 Å². The van der Waals surface area contributed by atoms with Gasteiger partial charge in [-0.05, 0) is 37.3 Å². The number of thioether (sulfide) groups is 1. The van der Waals surface area contributed by atoms with Crippen LogP contribution in [0.3, 0.4) is 0 Å². The summed E-state index contributed by atoms with van der Waals surface area (Å²) in [5.74, 6) is 1.18. The first kappa shape index (κ1) is 17.4. The number of hydrogen-bond donors (Lipinski definition) is 2. The Bertz CT molecular complexity index is 562. The Hall–Kier alpha value is -0.630. The molecule has 1 unspecified atom stereocenters. The Kier molecular flexibility index (Phi) is 6.44. The molecule has 0 aliphatic heterocycles. The molecule has 4 nitrogen and oxygen atoms in total. The summed E-state index contributed by atoms with van der Waals surface area (Å²) >= 11 is 1.66. The zero-order valence-electron chi connectivity index (χ0n) is 11.9. The van der Waals surface area contributed by atoms with Crippen LogP contribution in [0.5, 0.6) is 0 Å². The summed E-state index contributed by atoms with van der Waals surface area (Å²) in [6, 6.07) is 2.44. The van der Waals surface area contributed by atoms with Crippen molar-refractivity contribution in [3.8, 4) is 0 Å². The Morgan fingerprint density at radius 3 is 2.65 bits per heavy atom. The third-order valence-corrected chi connectivity index (χ3v) is 5.47. The van der Waals surface area contributed by atoms with Crippen LogP contribution in [0.1, 0.15) is 25.0 Å². The van der Waals surface area contributed by atoms with Gasteiger partial charge >= 0.3 is 0 Å². The second kappa shape index (κ2) is 7.40. The predicted octanol–water partition coefficient (Wildman–Crippen LogP) is 2.01. The van der Waals surface area contributed by atoms with E-state index in [1.807, 2.05) is 6.92 Å². The third kappa shape index (κ3) is 4.44. The smallest absolute Gasteiger partial charge is 0.240 e. The number of rotatable bonds is 7. The normalized spacial score (nSPS) is 13.4. The van der Waals surface area contributed by atoms with Crippen LogP contribution >= 0.6 is 11.8 Å². The summed E-state index contributed by atoms with van der Waals surface area (Å²) in [4.78, 5) is 0.0604. The third-order valence-electron chi connectivity index (χ3n) is 2.76. The Balaban J connectivity index is 3.01. The van der Waals surface area contributed by atoms with Crippen molar-refractivity contribution in [2.24, 2.45) is 5.73 Å². The number of hydrogen-bond acceptors (Lipinski definition) is 4. The minimum absolute atomic E-state index is 0.0305. The van der Waals surface area contributed by atoms with Crippen LogP contribution in [0.15, 0.2) is 17.0 Å². The minimum atomic E-state index is -3.65. The summed E-state index contributed by atoms with van der Waals surface area (Å²) in [6.45, 7) is 5.32. The van der Waals surface area contributed by atoms with E-state index in [9.17, 15) is 12.8 Å². The fourth-order valence-corrected chi connectivity index (χ4v) is 3.93. The van der Waals surface area contributed by atoms with E-state index >= 15 is 0 Å². The van der Waals surface area contributed by atoms with Gasteiger partial charge in [0.25, 0.3) is 0 Å². The first-order valence-corrected chi connectivity index (χ1v) is 9.04. The zero-order valence-corrected chi connectivity index (χ0v) is 13.6. The van der Waals surface area contributed by atoms with Crippen molar-refractivity contribution in [2.75, 3.05) is 11.5 Å². The molecule has 0 aromatic heterocycles. The quantitative estimate of drug-likeness (QED) is 0.806. The molecule has 0 bridgehead atoms. The molecule has 7 heteroatoms. The van der Waals surface area contributed by atoms with Crippen molar-refractivity contribution in [2.45, 2.75) is 38.3 Å². The zero-order chi connectivity index (χ0) is 15.3. The van der Waals surface area contributed by atoms with Gasteiger partial charge in [0, 0.05) is 23.9 Å². The van der Waals surface area contributed by atoms with Crippen LogP contribution in [0.25, 0.3) is 0 Å². The van der Waals surface area contributed by atoms with Gasteiger partial charge in [0.05, 0.1) is 4.90 Å². The number of nitrogens with one attached hydrogen (secondary N) is 1. The highest BCUT2D eigenvalue weighted by atomic mass is 32.2. The summed E-state index contributed by atoms with van der Waals surface area (Å²) in [7, 11) is -3.65. The summed E-state index contributed by atoms with van der Waals surface area (Å²) in [5, 5.41) is 0. The van der Waals surface area contributed by atoms with Crippen molar-refractivity contribution in [1.29, 1.82) is 0 Å². The van der Waals surface area contributed by atoms with Gasteiger partial charge in [-0.3, -0.25) is 0 Å². The molecular formula is C13H21FN2O2S2. The van der Waals surface area contributed by atoms with Gasteiger partial charge < -0.3 is 5.73 Å². The Morgan fingerprint density at radius 1 is 1.45 bits per heavy atom. The van der Waals surface area contributed by atoms with Crippen LogP contribution in [0.2, 0.25) is 0 Å². The van der Waals surface area contributed by atoms with E-state index in [4.69, 9.17) is 5.73 Å². The van der Waals surface area contributed by atoms with Gasteiger partial charge in [-0.2, -0.15) is 11.8 Å². The lowest BCUT2D eigenvalue weighted by Gasteiger charge is -2.15. The van der Waals surface area contributed by atoms with Crippen LogP contribution in [0, 0.1) is 12.7 Å².